The minimum atomic E-state index is -0.704. The largest absolute Gasteiger partial charge is 0.353 e. The summed E-state index contributed by atoms with van der Waals surface area (Å²) < 4.78 is 6.26. The lowest BCUT2D eigenvalue weighted by Crippen LogP contribution is -2.57. The summed E-state index contributed by atoms with van der Waals surface area (Å²) in [7, 11) is 0. The molecule has 3 unspecified atom stereocenters. The maximum atomic E-state index is 13.7. The van der Waals surface area contributed by atoms with Gasteiger partial charge in [0.1, 0.15) is 11.8 Å². The average Bonchev–Trinajstić information content (AvgIpc) is 3.10. The Bertz CT molecular complexity index is 917. The summed E-state index contributed by atoms with van der Waals surface area (Å²) in [5.74, 6) is 0.122. The topological polar surface area (TPSA) is 71.5 Å². The first kappa shape index (κ1) is 20.5. The molecule has 1 saturated heterocycles. The molecule has 2 amide bonds. The van der Waals surface area contributed by atoms with Gasteiger partial charge in [-0.15, -0.1) is 0 Å². The zero-order valence-corrected chi connectivity index (χ0v) is 17.6. The van der Waals surface area contributed by atoms with E-state index in [1.807, 2.05) is 49.4 Å². The van der Waals surface area contributed by atoms with Crippen molar-refractivity contribution in [3.05, 3.63) is 65.5 Å². The van der Waals surface area contributed by atoms with Crippen LogP contribution >= 0.6 is 0 Å². The Morgan fingerprint density at radius 3 is 2.77 bits per heavy atom. The summed E-state index contributed by atoms with van der Waals surface area (Å²) >= 11 is 0. The highest BCUT2D eigenvalue weighted by Crippen LogP contribution is 2.43. The van der Waals surface area contributed by atoms with Crippen molar-refractivity contribution in [3.63, 3.8) is 0 Å². The lowest BCUT2D eigenvalue weighted by Gasteiger charge is -2.43. The number of hydrogen-bond acceptors (Lipinski definition) is 4. The van der Waals surface area contributed by atoms with Crippen molar-refractivity contribution < 1.29 is 14.3 Å². The standard InChI is InChI=1S/C24H29N3O3/c1-17-8-7-12-24(14-17)27(23(29)20-11-4-3-9-18(20)2)21(16-30-24)22(28)26-15-19-10-5-6-13-25-19/h3-6,9-11,13,17,21H,7-8,12,14-16H2,1-2H3,(H,26,28). The van der Waals surface area contributed by atoms with Crippen LogP contribution in [0.15, 0.2) is 48.7 Å². The molecule has 0 radical (unpaired) electrons. The Balaban J connectivity index is 1.61. The van der Waals surface area contributed by atoms with Crippen molar-refractivity contribution in [2.45, 2.75) is 57.8 Å². The second kappa shape index (κ2) is 8.56. The van der Waals surface area contributed by atoms with Crippen molar-refractivity contribution in [1.82, 2.24) is 15.2 Å². The number of benzene rings is 1. The fourth-order valence-electron chi connectivity index (χ4n) is 4.75. The van der Waals surface area contributed by atoms with E-state index < -0.39 is 11.8 Å². The van der Waals surface area contributed by atoms with Gasteiger partial charge in [0.25, 0.3) is 5.91 Å². The number of carbonyl (C=O) groups is 2. The number of ether oxygens (including phenoxy) is 1. The fraction of sp³-hybridized carbons (Fsp3) is 0.458. The molecule has 6 nitrogen and oxygen atoms in total. The van der Waals surface area contributed by atoms with Gasteiger partial charge >= 0.3 is 0 Å². The summed E-state index contributed by atoms with van der Waals surface area (Å²) in [6, 6.07) is 12.5. The van der Waals surface area contributed by atoms with Crippen LogP contribution in [0, 0.1) is 12.8 Å². The van der Waals surface area contributed by atoms with Crippen LogP contribution in [0.2, 0.25) is 0 Å². The van der Waals surface area contributed by atoms with Gasteiger partial charge in [-0.05, 0) is 55.9 Å². The number of amides is 2. The Morgan fingerprint density at radius 1 is 1.23 bits per heavy atom. The van der Waals surface area contributed by atoms with Gasteiger partial charge in [-0.1, -0.05) is 37.6 Å². The van der Waals surface area contributed by atoms with Crippen molar-refractivity contribution >= 4 is 11.8 Å². The van der Waals surface area contributed by atoms with Gasteiger partial charge in [0.05, 0.1) is 18.8 Å². The second-order valence-corrected chi connectivity index (χ2v) is 8.50. The van der Waals surface area contributed by atoms with Gasteiger partial charge < -0.3 is 10.1 Å². The lowest BCUT2D eigenvalue weighted by atomic mass is 9.82. The maximum Gasteiger partial charge on any atom is 0.257 e. The van der Waals surface area contributed by atoms with E-state index >= 15 is 0 Å². The number of nitrogens with zero attached hydrogens (tertiary/aromatic N) is 2. The maximum absolute atomic E-state index is 13.7. The summed E-state index contributed by atoms with van der Waals surface area (Å²) in [5, 5.41) is 2.95. The number of carbonyl (C=O) groups excluding carboxylic acids is 2. The zero-order chi connectivity index (χ0) is 21.1. The van der Waals surface area contributed by atoms with Gasteiger partial charge in [0.2, 0.25) is 5.91 Å². The molecule has 158 valence electrons. The molecule has 6 heteroatoms. The van der Waals surface area contributed by atoms with Gasteiger partial charge in [-0.2, -0.15) is 0 Å². The number of rotatable bonds is 4. The first-order valence-electron chi connectivity index (χ1n) is 10.7. The van der Waals surface area contributed by atoms with Crippen LogP contribution in [0.1, 0.15) is 54.2 Å². The van der Waals surface area contributed by atoms with Crippen LogP contribution in [-0.2, 0) is 16.1 Å². The molecule has 1 spiro atoms. The highest BCUT2D eigenvalue weighted by Gasteiger charge is 2.54. The molecule has 2 fully saturated rings. The van der Waals surface area contributed by atoms with E-state index in [9.17, 15) is 9.59 Å². The molecule has 1 aliphatic carbocycles. The molecule has 30 heavy (non-hydrogen) atoms. The van der Waals surface area contributed by atoms with Crippen molar-refractivity contribution in [2.24, 2.45) is 5.92 Å². The first-order valence-corrected chi connectivity index (χ1v) is 10.7. The second-order valence-electron chi connectivity index (χ2n) is 8.50. The van der Waals surface area contributed by atoms with E-state index in [1.54, 1.807) is 11.1 Å². The molecule has 3 atom stereocenters. The molecule has 1 aromatic heterocycles. The Labute approximate surface area is 177 Å². The molecule has 4 rings (SSSR count). The lowest BCUT2D eigenvalue weighted by molar-refractivity contribution is -0.128. The van der Waals surface area contributed by atoms with Crippen LogP contribution < -0.4 is 5.32 Å². The SMILES string of the molecule is Cc1ccccc1C(=O)N1C(C(=O)NCc2ccccn2)COC12CCCC(C)C2. The minimum absolute atomic E-state index is 0.127. The van der Waals surface area contributed by atoms with E-state index in [2.05, 4.69) is 17.2 Å². The Kier molecular flexibility index (Phi) is 5.86. The monoisotopic (exact) mass is 407 g/mol. The predicted molar refractivity (Wildman–Crippen MR) is 114 cm³/mol. The highest BCUT2D eigenvalue weighted by atomic mass is 16.5. The van der Waals surface area contributed by atoms with Crippen LogP contribution in [0.25, 0.3) is 0 Å². The fourth-order valence-corrected chi connectivity index (χ4v) is 4.75. The van der Waals surface area contributed by atoms with Crippen molar-refractivity contribution in [3.8, 4) is 0 Å². The van der Waals surface area contributed by atoms with Crippen molar-refractivity contribution in [1.29, 1.82) is 0 Å². The molecule has 2 aliphatic rings. The van der Waals surface area contributed by atoms with Gasteiger partial charge in [-0.25, -0.2) is 0 Å². The number of nitrogens with one attached hydrogen (secondary N) is 1. The smallest absolute Gasteiger partial charge is 0.257 e. The van der Waals surface area contributed by atoms with E-state index in [0.29, 0.717) is 18.0 Å². The molecule has 2 heterocycles. The normalized spacial score (nSPS) is 26.0. The van der Waals surface area contributed by atoms with Crippen LogP contribution in [0.5, 0.6) is 0 Å². The summed E-state index contributed by atoms with van der Waals surface area (Å²) in [6.07, 6.45) is 5.33. The molecular weight excluding hydrogens is 378 g/mol. The molecule has 1 N–H and O–H groups in total. The molecule has 2 aromatic rings. The quantitative estimate of drug-likeness (QED) is 0.843. The number of aryl methyl sites for hydroxylation is 1. The van der Waals surface area contributed by atoms with E-state index in [0.717, 1.165) is 36.9 Å². The Hall–Kier alpha value is -2.73. The number of aromatic nitrogens is 1. The van der Waals surface area contributed by atoms with Gasteiger partial charge in [0, 0.05) is 11.8 Å². The summed E-state index contributed by atoms with van der Waals surface area (Å²) in [6.45, 7) is 4.66. The predicted octanol–water partition coefficient (Wildman–Crippen LogP) is 3.45. The molecular formula is C24H29N3O3. The minimum Gasteiger partial charge on any atom is -0.353 e. The van der Waals surface area contributed by atoms with E-state index in [4.69, 9.17) is 4.74 Å². The van der Waals surface area contributed by atoms with Crippen LogP contribution in [-0.4, -0.2) is 40.1 Å². The third kappa shape index (κ3) is 3.97. The summed E-state index contributed by atoms with van der Waals surface area (Å²) in [4.78, 5) is 32.8. The molecule has 0 bridgehead atoms. The van der Waals surface area contributed by atoms with E-state index in [-0.39, 0.29) is 18.4 Å². The van der Waals surface area contributed by atoms with Crippen LogP contribution in [0.4, 0.5) is 0 Å². The number of hydrogen-bond donors (Lipinski definition) is 1. The van der Waals surface area contributed by atoms with Gasteiger partial charge in [-0.3, -0.25) is 19.5 Å². The van der Waals surface area contributed by atoms with Crippen LogP contribution in [0.3, 0.4) is 0 Å². The average molecular weight is 408 g/mol. The number of pyridine rings is 1. The van der Waals surface area contributed by atoms with E-state index in [1.165, 1.54) is 0 Å². The molecule has 1 saturated carbocycles. The summed E-state index contributed by atoms with van der Waals surface area (Å²) in [5.41, 5.74) is 1.61. The third-order valence-electron chi connectivity index (χ3n) is 6.26. The van der Waals surface area contributed by atoms with Crippen molar-refractivity contribution in [2.75, 3.05) is 6.61 Å². The third-order valence-corrected chi connectivity index (χ3v) is 6.26. The molecule has 1 aliphatic heterocycles. The zero-order valence-electron chi connectivity index (χ0n) is 17.6. The van der Waals surface area contributed by atoms with Gasteiger partial charge in [0.15, 0.2) is 0 Å². The molecule has 1 aromatic carbocycles. The highest BCUT2D eigenvalue weighted by molar-refractivity contribution is 5.99. The first-order chi connectivity index (χ1) is 14.5. The Morgan fingerprint density at radius 2 is 2.03 bits per heavy atom.